The van der Waals surface area contributed by atoms with E-state index < -0.39 is 5.60 Å². The van der Waals surface area contributed by atoms with Crippen LogP contribution >= 0.6 is 0 Å². The lowest BCUT2D eigenvalue weighted by Crippen LogP contribution is -2.50. The number of hydrogen-bond acceptors (Lipinski definition) is 7. The molecule has 174 valence electrons. The van der Waals surface area contributed by atoms with Crippen LogP contribution in [0, 0.1) is 5.92 Å². The van der Waals surface area contributed by atoms with Gasteiger partial charge in [0.1, 0.15) is 12.0 Å². The molecule has 2 saturated heterocycles. The molecule has 3 aliphatic rings. The van der Waals surface area contributed by atoms with Gasteiger partial charge in [0.15, 0.2) is 5.60 Å². The molecule has 1 atom stereocenters. The van der Waals surface area contributed by atoms with E-state index in [-0.39, 0.29) is 11.7 Å². The van der Waals surface area contributed by atoms with E-state index in [0.29, 0.717) is 61.3 Å². The maximum Gasteiger partial charge on any atom is 0.317 e. The topological polar surface area (TPSA) is 80.6 Å². The SMILES string of the molecule is C/C=C1/OC2(CCN(C3=NCC(C(C)C)=NO3)CC2)C(=O)/C1=C/C(C)c1ccc(C=O)cc1. The molecule has 7 nitrogen and oxygen atoms in total. The van der Waals surface area contributed by atoms with E-state index in [0.717, 1.165) is 17.6 Å². The number of ether oxygens (including phenoxy) is 1. The Morgan fingerprint density at radius 3 is 2.36 bits per heavy atom. The Kier molecular flexibility index (Phi) is 6.49. The van der Waals surface area contributed by atoms with Crippen molar-refractivity contribution in [3.8, 4) is 0 Å². The second kappa shape index (κ2) is 9.33. The highest BCUT2D eigenvalue weighted by Gasteiger charge is 2.51. The van der Waals surface area contributed by atoms with Crippen molar-refractivity contribution in [1.82, 2.24) is 4.90 Å². The van der Waals surface area contributed by atoms with Crippen LogP contribution in [0.2, 0.25) is 0 Å². The molecular weight excluding hydrogens is 418 g/mol. The van der Waals surface area contributed by atoms with Gasteiger partial charge in [-0.1, -0.05) is 56.3 Å². The summed E-state index contributed by atoms with van der Waals surface area (Å²) in [4.78, 5) is 36.6. The van der Waals surface area contributed by atoms with E-state index >= 15 is 0 Å². The van der Waals surface area contributed by atoms with Crippen LogP contribution in [0.4, 0.5) is 0 Å². The Morgan fingerprint density at radius 2 is 1.82 bits per heavy atom. The van der Waals surface area contributed by atoms with Gasteiger partial charge < -0.3 is 14.5 Å². The average molecular weight is 450 g/mol. The van der Waals surface area contributed by atoms with Gasteiger partial charge in [0.05, 0.1) is 17.8 Å². The van der Waals surface area contributed by atoms with Crippen LogP contribution in [0.25, 0.3) is 0 Å². The quantitative estimate of drug-likeness (QED) is 0.507. The third kappa shape index (κ3) is 4.49. The van der Waals surface area contributed by atoms with Crippen molar-refractivity contribution in [1.29, 1.82) is 0 Å². The highest BCUT2D eigenvalue weighted by Crippen LogP contribution is 2.42. The molecule has 7 heteroatoms. The summed E-state index contributed by atoms with van der Waals surface area (Å²) in [6, 6.07) is 7.96. The minimum atomic E-state index is -0.840. The molecule has 3 heterocycles. The number of likely N-dealkylation sites (tertiary alicyclic amines) is 1. The summed E-state index contributed by atoms with van der Waals surface area (Å²) in [6.45, 7) is 9.85. The van der Waals surface area contributed by atoms with Gasteiger partial charge in [0, 0.05) is 37.4 Å². The number of allylic oxidation sites excluding steroid dienone is 3. The summed E-state index contributed by atoms with van der Waals surface area (Å²) >= 11 is 0. The van der Waals surface area contributed by atoms with Crippen molar-refractivity contribution in [2.24, 2.45) is 16.1 Å². The maximum absolute atomic E-state index is 13.5. The van der Waals surface area contributed by atoms with E-state index in [1.807, 2.05) is 43.0 Å². The molecule has 1 aromatic rings. The number of carbonyl (C=O) groups is 2. The predicted molar refractivity (Wildman–Crippen MR) is 127 cm³/mol. The summed E-state index contributed by atoms with van der Waals surface area (Å²) in [5, 5.41) is 4.21. The fourth-order valence-corrected chi connectivity index (χ4v) is 4.41. The van der Waals surface area contributed by atoms with Gasteiger partial charge in [-0.25, -0.2) is 4.99 Å². The van der Waals surface area contributed by atoms with E-state index in [2.05, 4.69) is 24.0 Å². The summed E-state index contributed by atoms with van der Waals surface area (Å²) in [7, 11) is 0. The largest absolute Gasteiger partial charge is 0.479 e. The molecule has 0 radical (unpaired) electrons. The Labute approximate surface area is 194 Å². The minimum absolute atomic E-state index is 0.0106. The highest BCUT2D eigenvalue weighted by atomic mass is 16.7. The van der Waals surface area contributed by atoms with Gasteiger partial charge >= 0.3 is 6.02 Å². The Balaban J connectivity index is 1.46. The molecule has 0 aliphatic carbocycles. The standard InChI is InChI=1S/C26H31N3O4/c1-5-23-21(14-18(4)20-8-6-19(16-30)7-9-20)24(31)26(32-23)10-12-29(13-11-26)25-27-15-22(17(2)3)28-33-25/h5-9,14,16-18H,10-13,15H2,1-4H3/b21-14+,23-5+. The number of Topliss-reactive ketones (excluding diaryl/α,β-unsaturated/α-hetero) is 1. The van der Waals surface area contributed by atoms with Gasteiger partial charge in [-0.15, -0.1) is 0 Å². The number of oxime groups is 1. The molecule has 1 unspecified atom stereocenters. The zero-order chi connectivity index (χ0) is 23.6. The normalized spacial score (nSPS) is 23.4. The zero-order valence-electron chi connectivity index (χ0n) is 19.7. The van der Waals surface area contributed by atoms with Gasteiger partial charge in [-0.05, 0) is 24.5 Å². The lowest BCUT2D eigenvalue weighted by atomic mass is 9.84. The zero-order valence-corrected chi connectivity index (χ0v) is 19.7. The van der Waals surface area contributed by atoms with Crippen LogP contribution in [0.1, 0.15) is 62.4 Å². The first-order valence-electron chi connectivity index (χ1n) is 11.6. The first-order valence-corrected chi connectivity index (χ1v) is 11.6. The van der Waals surface area contributed by atoms with E-state index in [9.17, 15) is 9.59 Å². The third-order valence-electron chi connectivity index (χ3n) is 6.64. The fraction of sp³-hybridized carbons (Fsp3) is 0.462. The Morgan fingerprint density at radius 1 is 1.12 bits per heavy atom. The number of rotatable bonds is 4. The van der Waals surface area contributed by atoms with Crippen LogP contribution in [-0.4, -0.2) is 53.9 Å². The summed E-state index contributed by atoms with van der Waals surface area (Å²) in [5.74, 6) is 0.996. The number of piperidine rings is 1. The van der Waals surface area contributed by atoms with Gasteiger partial charge in [0.25, 0.3) is 0 Å². The van der Waals surface area contributed by atoms with Crippen molar-refractivity contribution in [2.45, 2.75) is 52.1 Å². The average Bonchev–Trinajstić information content (AvgIpc) is 3.10. The Hall–Kier alpha value is -3.22. The van der Waals surface area contributed by atoms with Crippen molar-refractivity contribution < 1.29 is 19.2 Å². The molecule has 0 amide bonds. The van der Waals surface area contributed by atoms with Gasteiger partial charge in [-0.2, -0.15) is 0 Å². The Bertz CT molecular complexity index is 1040. The van der Waals surface area contributed by atoms with Gasteiger partial charge in [-0.3, -0.25) is 9.59 Å². The molecule has 3 aliphatic heterocycles. The number of amidine groups is 1. The highest BCUT2D eigenvalue weighted by molar-refractivity contribution is 6.08. The lowest BCUT2D eigenvalue weighted by molar-refractivity contribution is -0.132. The molecule has 0 N–H and O–H groups in total. The number of nitrogens with zero attached hydrogens (tertiary/aromatic N) is 3. The van der Waals surface area contributed by atoms with Gasteiger partial charge in [0.2, 0.25) is 5.78 Å². The molecular formula is C26H31N3O4. The van der Waals surface area contributed by atoms with Crippen molar-refractivity contribution in [2.75, 3.05) is 19.6 Å². The molecule has 4 rings (SSSR count). The summed E-state index contributed by atoms with van der Waals surface area (Å²) < 4.78 is 6.28. The molecule has 1 aromatic carbocycles. The van der Waals surface area contributed by atoms with Crippen LogP contribution in [-0.2, 0) is 14.4 Å². The number of carbonyl (C=O) groups excluding carboxylic acids is 2. The second-order valence-electron chi connectivity index (χ2n) is 9.15. The maximum atomic E-state index is 13.5. The number of benzene rings is 1. The van der Waals surface area contributed by atoms with Crippen LogP contribution < -0.4 is 0 Å². The van der Waals surface area contributed by atoms with E-state index in [1.54, 1.807) is 12.1 Å². The number of hydrogen-bond donors (Lipinski definition) is 0. The van der Waals surface area contributed by atoms with Crippen molar-refractivity contribution >= 4 is 23.8 Å². The first-order chi connectivity index (χ1) is 15.9. The first kappa shape index (κ1) is 23.0. The van der Waals surface area contributed by atoms with E-state index in [4.69, 9.17) is 9.57 Å². The smallest absolute Gasteiger partial charge is 0.317 e. The van der Waals surface area contributed by atoms with Crippen LogP contribution in [0.5, 0.6) is 0 Å². The summed E-state index contributed by atoms with van der Waals surface area (Å²) in [5.41, 5.74) is 2.41. The second-order valence-corrected chi connectivity index (χ2v) is 9.15. The predicted octanol–water partition coefficient (Wildman–Crippen LogP) is 4.26. The number of ketones is 1. The monoisotopic (exact) mass is 449 g/mol. The van der Waals surface area contributed by atoms with Crippen LogP contribution in [0.15, 0.2) is 57.9 Å². The lowest BCUT2D eigenvalue weighted by Gasteiger charge is -2.37. The minimum Gasteiger partial charge on any atom is -0.479 e. The summed E-state index contributed by atoms with van der Waals surface area (Å²) in [6.07, 6.45) is 5.79. The molecule has 0 bridgehead atoms. The molecule has 0 saturated carbocycles. The molecule has 1 spiro atoms. The number of aldehydes is 1. The number of aliphatic imine (C=N–C) groups is 1. The van der Waals surface area contributed by atoms with Crippen molar-refractivity contribution in [3.63, 3.8) is 0 Å². The molecule has 2 fully saturated rings. The van der Waals surface area contributed by atoms with E-state index in [1.165, 1.54) is 0 Å². The van der Waals surface area contributed by atoms with Crippen molar-refractivity contribution in [3.05, 3.63) is 58.9 Å². The third-order valence-corrected chi connectivity index (χ3v) is 6.64. The fourth-order valence-electron chi connectivity index (χ4n) is 4.41. The molecule has 0 aromatic heterocycles. The van der Waals surface area contributed by atoms with Crippen LogP contribution in [0.3, 0.4) is 0 Å². The molecule has 33 heavy (non-hydrogen) atoms.